The molecule has 4 rings (SSSR count). The Bertz CT molecular complexity index is 881. The summed E-state index contributed by atoms with van der Waals surface area (Å²) in [5.41, 5.74) is 3.34. The molecule has 0 aromatic heterocycles. The van der Waals surface area contributed by atoms with Crippen LogP contribution in [0.3, 0.4) is 0 Å². The molecule has 2 aromatic rings. The molecule has 0 bridgehead atoms. The van der Waals surface area contributed by atoms with E-state index < -0.39 is 0 Å². The van der Waals surface area contributed by atoms with Gasteiger partial charge in [0.25, 0.3) is 5.91 Å². The molecule has 2 aromatic carbocycles. The molecule has 2 atom stereocenters. The fraction of sp³-hybridized carbons (Fsp3) is 0.208. The summed E-state index contributed by atoms with van der Waals surface area (Å²) in [6.45, 7) is 9.64. The Hall–Kier alpha value is -3.11. The Kier molecular flexibility index (Phi) is 5.13. The number of benzene rings is 2. The molecule has 2 heterocycles. The number of hydrazine groups is 1. The topological polar surface area (TPSA) is 26.8 Å². The Morgan fingerprint density at radius 1 is 0.964 bits per heavy atom. The predicted molar refractivity (Wildman–Crippen MR) is 113 cm³/mol. The molecule has 28 heavy (non-hydrogen) atoms. The summed E-state index contributed by atoms with van der Waals surface area (Å²) in [6, 6.07) is 20.2. The third kappa shape index (κ3) is 3.06. The van der Waals surface area contributed by atoms with E-state index in [-0.39, 0.29) is 18.0 Å². The Morgan fingerprint density at radius 2 is 1.57 bits per heavy atom. The van der Waals surface area contributed by atoms with Crippen LogP contribution in [0.15, 0.2) is 92.0 Å². The Balaban J connectivity index is 1.80. The number of carbonyl (C=O) groups is 1. The van der Waals surface area contributed by atoms with E-state index in [1.54, 1.807) is 0 Å². The fourth-order valence-corrected chi connectivity index (χ4v) is 4.22. The zero-order valence-corrected chi connectivity index (χ0v) is 15.9. The molecule has 2 aliphatic heterocycles. The van der Waals surface area contributed by atoms with E-state index in [4.69, 9.17) is 0 Å². The van der Waals surface area contributed by atoms with Gasteiger partial charge < -0.3 is 0 Å². The molecule has 0 aliphatic carbocycles. The van der Waals surface area contributed by atoms with Gasteiger partial charge in [-0.3, -0.25) is 14.7 Å². The van der Waals surface area contributed by atoms with Crippen LogP contribution in [0.25, 0.3) is 5.70 Å². The summed E-state index contributed by atoms with van der Waals surface area (Å²) in [5.74, 6) is 0.125. The van der Waals surface area contributed by atoms with Crippen LogP contribution in [0, 0.1) is 0 Å². The van der Waals surface area contributed by atoms with Crippen LogP contribution in [-0.2, 0) is 4.79 Å². The van der Waals surface area contributed by atoms with Crippen LogP contribution < -0.4 is 0 Å². The van der Waals surface area contributed by atoms with Crippen molar-refractivity contribution in [1.29, 1.82) is 0 Å². The number of nitrogens with zero attached hydrogens (tertiary/aromatic N) is 3. The highest BCUT2D eigenvalue weighted by molar-refractivity contribution is 5.89. The molecule has 0 saturated carbocycles. The maximum absolute atomic E-state index is 13.5. The minimum absolute atomic E-state index is 0.0949. The van der Waals surface area contributed by atoms with Crippen molar-refractivity contribution < 1.29 is 4.79 Å². The summed E-state index contributed by atoms with van der Waals surface area (Å²) in [7, 11) is 0. The molecular weight excluding hydrogens is 346 g/mol. The van der Waals surface area contributed by atoms with Crippen LogP contribution in [0.1, 0.15) is 17.2 Å². The molecule has 1 fully saturated rings. The van der Waals surface area contributed by atoms with Crippen LogP contribution in [0.2, 0.25) is 0 Å². The van der Waals surface area contributed by atoms with Crippen molar-refractivity contribution in [1.82, 2.24) is 14.9 Å². The van der Waals surface area contributed by atoms with Gasteiger partial charge >= 0.3 is 0 Å². The van der Waals surface area contributed by atoms with E-state index in [0.717, 1.165) is 16.8 Å². The number of carbonyl (C=O) groups excluding carboxylic acids is 1. The first kappa shape index (κ1) is 18.3. The largest absolute Gasteiger partial charge is 0.282 e. The van der Waals surface area contributed by atoms with Gasteiger partial charge in [0, 0.05) is 13.1 Å². The predicted octanol–water partition coefficient (Wildman–Crippen LogP) is 3.88. The fourth-order valence-electron chi connectivity index (χ4n) is 4.22. The van der Waals surface area contributed by atoms with E-state index in [9.17, 15) is 4.79 Å². The van der Waals surface area contributed by atoms with Crippen molar-refractivity contribution in [2.75, 3.05) is 19.6 Å². The van der Waals surface area contributed by atoms with Crippen molar-refractivity contribution in [3.05, 3.63) is 103 Å². The standard InChI is InChI=1S/C24H25N3O/c1-3-16-25(17-4-2)23-22(20-13-9-6-10-14-20)27-21(15-18-26(27)24(23)28)19-11-7-5-8-12-19/h3-15,22-23H,1-2,16-18H2/t22-,23-/m1/s1. The zero-order chi connectivity index (χ0) is 19.5. The number of rotatable bonds is 7. The van der Waals surface area contributed by atoms with Crippen LogP contribution in [0.4, 0.5) is 0 Å². The second kappa shape index (κ2) is 7.87. The monoisotopic (exact) mass is 371 g/mol. The van der Waals surface area contributed by atoms with Gasteiger partial charge in [-0.25, -0.2) is 5.01 Å². The minimum atomic E-state index is -0.286. The van der Waals surface area contributed by atoms with Gasteiger partial charge in [0.15, 0.2) is 0 Å². The molecule has 1 saturated heterocycles. The lowest BCUT2D eigenvalue weighted by molar-refractivity contribution is -0.136. The second-order valence-corrected chi connectivity index (χ2v) is 7.05. The maximum atomic E-state index is 13.5. The SMILES string of the molecule is C=CCN(CC=C)[C@H]1C(=O)N2CC=C(c3ccccc3)N2[C@@H]1c1ccccc1. The molecule has 0 radical (unpaired) electrons. The smallest absolute Gasteiger partial charge is 0.261 e. The summed E-state index contributed by atoms with van der Waals surface area (Å²) in [6.07, 6.45) is 5.85. The van der Waals surface area contributed by atoms with Crippen molar-refractivity contribution in [2.24, 2.45) is 0 Å². The number of hydrogen-bond acceptors (Lipinski definition) is 3. The average Bonchev–Trinajstić information content (AvgIpc) is 3.28. The van der Waals surface area contributed by atoms with Gasteiger partial charge in [-0.05, 0) is 17.2 Å². The van der Waals surface area contributed by atoms with Gasteiger partial charge in [-0.1, -0.05) is 72.8 Å². The van der Waals surface area contributed by atoms with Gasteiger partial charge in [0.2, 0.25) is 0 Å². The highest BCUT2D eigenvalue weighted by Gasteiger charge is 2.52. The van der Waals surface area contributed by atoms with E-state index >= 15 is 0 Å². The molecule has 4 nitrogen and oxygen atoms in total. The van der Waals surface area contributed by atoms with E-state index in [1.807, 2.05) is 53.6 Å². The lowest BCUT2D eigenvalue weighted by atomic mass is 9.97. The molecule has 0 N–H and O–H groups in total. The summed E-state index contributed by atoms with van der Waals surface area (Å²) in [4.78, 5) is 15.6. The zero-order valence-electron chi connectivity index (χ0n) is 15.9. The summed E-state index contributed by atoms with van der Waals surface area (Å²) < 4.78 is 0. The molecule has 0 unspecified atom stereocenters. The normalized spacial score (nSPS) is 21.0. The second-order valence-electron chi connectivity index (χ2n) is 7.05. The van der Waals surface area contributed by atoms with Gasteiger partial charge in [0.1, 0.15) is 12.1 Å². The highest BCUT2D eigenvalue weighted by atomic mass is 16.2. The lowest BCUT2D eigenvalue weighted by Gasteiger charge is -2.34. The first-order valence-corrected chi connectivity index (χ1v) is 9.63. The molecular formula is C24H25N3O. The molecule has 0 spiro atoms. The van der Waals surface area contributed by atoms with E-state index in [0.29, 0.717) is 19.6 Å². The summed E-state index contributed by atoms with van der Waals surface area (Å²) >= 11 is 0. The number of hydrogen-bond donors (Lipinski definition) is 0. The molecule has 4 heteroatoms. The van der Waals surface area contributed by atoms with Crippen LogP contribution >= 0.6 is 0 Å². The third-order valence-electron chi connectivity index (χ3n) is 5.37. The Labute approximate surface area is 166 Å². The maximum Gasteiger partial charge on any atom is 0.261 e. The first-order chi connectivity index (χ1) is 13.8. The van der Waals surface area contributed by atoms with E-state index in [1.165, 1.54) is 0 Å². The number of amides is 1. The van der Waals surface area contributed by atoms with Gasteiger partial charge in [-0.15, -0.1) is 13.2 Å². The van der Waals surface area contributed by atoms with Crippen LogP contribution in [-0.4, -0.2) is 46.5 Å². The van der Waals surface area contributed by atoms with Crippen LogP contribution in [0.5, 0.6) is 0 Å². The minimum Gasteiger partial charge on any atom is -0.282 e. The molecule has 1 amide bonds. The summed E-state index contributed by atoms with van der Waals surface area (Å²) in [5, 5.41) is 4.06. The Morgan fingerprint density at radius 3 is 2.18 bits per heavy atom. The third-order valence-corrected chi connectivity index (χ3v) is 5.37. The first-order valence-electron chi connectivity index (χ1n) is 9.63. The molecule has 142 valence electrons. The number of fused-ring (bicyclic) bond motifs is 1. The highest BCUT2D eigenvalue weighted by Crippen LogP contribution is 2.44. The van der Waals surface area contributed by atoms with Gasteiger partial charge in [-0.2, -0.15) is 0 Å². The van der Waals surface area contributed by atoms with E-state index in [2.05, 4.69) is 53.4 Å². The molecule has 2 aliphatic rings. The average molecular weight is 371 g/mol. The lowest BCUT2D eigenvalue weighted by Crippen LogP contribution is -2.44. The van der Waals surface area contributed by atoms with Crippen molar-refractivity contribution in [3.63, 3.8) is 0 Å². The van der Waals surface area contributed by atoms with Crippen molar-refractivity contribution in [3.8, 4) is 0 Å². The van der Waals surface area contributed by atoms with Crippen molar-refractivity contribution in [2.45, 2.75) is 12.1 Å². The van der Waals surface area contributed by atoms with Gasteiger partial charge in [0.05, 0.1) is 12.2 Å². The quantitative estimate of drug-likeness (QED) is 0.691. The van der Waals surface area contributed by atoms with Crippen molar-refractivity contribution >= 4 is 11.6 Å².